The first-order chi connectivity index (χ1) is 20.1. The maximum atomic E-state index is 13.8. The molecule has 0 unspecified atom stereocenters. The molecule has 1 aromatic heterocycles. The molecule has 216 valence electrons. The smallest absolute Gasteiger partial charge is 0.353 e. The van der Waals surface area contributed by atoms with E-state index in [0.717, 1.165) is 16.4 Å². The van der Waals surface area contributed by atoms with E-state index >= 15 is 0 Å². The summed E-state index contributed by atoms with van der Waals surface area (Å²) in [6.45, 7) is -0.588. The van der Waals surface area contributed by atoms with Gasteiger partial charge in [0.15, 0.2) is 5.78 Å². The van der Waals surface area contributed by atoms with Crippen LogP contribution >= 0.6 is 66.4 Å². The number of thiophene rings is 1. The fourth-order valence-corrected chi connectivity index (χ4v) is 8.84. The normalized spacial score (nSPS) is 26.0. The Morgan fingerprint density at radius 2 is 1.52 bits per heavy atom. The summed E-state index contributed by atoms with van der Waals surface area (Å²) in [5, 5.41) is 3.84. The molecule has 1 saturated heterocycles. The van der Waals surface area contributed by atoms with Crippen LogP contribution in [0.15, 0.2) is 60.0 Å². The Labute approximate surface area is 271 Å². The van der Waals surface area contributed by atoms with Gasteiger partial charge in [-0.05, 0) is 72.2 Å². The van der Waals surface area contributed by atoms with Crippen molar-refractivity contribution < 1.29 is 28.7 Å². The van der Waals surface area contributed by atoms with Crippen molar-refractivity contribution in [3.63, 3.8) is 0 Å². The summed E-state index contributed by atoms with van der Waals surface area (Å²) in [4.78, 5) is 67.5. The summed E-state index contributed by atoms with van der Waals surface area (Å²) in [6, 6.07) is 13.4. The molecule has 0 spiro atoms. The molecule has 2 aromatic carbocycles. The first kappa shape index (κ1) is 29.5. The van der Waals surface area contributed by atoms with Gasteiger partial charge in [-0.3, -0.25) is 19.2 Å². The van der Waals surface area contributed by atoms with Gasteiger partial charge in [0.05, 0.1) is 21.9 Å². The molecular weight excluding hydrogens is 735 g/mol. The van der Waals surface area contributed by atoms with E-state index in [1.165, 1.54) is 53.8 Å². The molecule has 0 radical (unpaired) electrons. The van der Waals surface area contributed by atoms with E-state index in [4.69, 9.17) is 27.9 Å². The Balaban J connectivity index is 1.28. The number of carbonyl (C=O) groups is 5. The third kappa shape index (κ3) is 5.02. The van der Waals surface area contributed by atoms with Crippen molar-refractivity contribution >= 4 is 95.9 Å². The molecule has 3 fully saturated rings. The molecule has 3 aliphatic rings. The second kappa shape index (κ2) is 11.5. The van der Waals surface area contributed by atoms with Gasteiger partial charge < -0.3 is 4.74 Å². The number of ketones is 1. The average Bonchev–Trinajstić information content (AvgIpc) is 3.75. The number of hydrogen-bond donors (Lipinski definition) is 0. The highest BCUT2D eigenvalue weighted by Crippen LogP contribution is 2.60. The maximum Gasteiger partial charge on any atom is 0.353 e. The van der Waals surface area contributed by atoms with E-state index in [2.05, 4.69) is 31.9 Å². The van der Waals surface area contributed by atoms with E-state index in [1.54, 1.807) is 17.5 Å². The lowest BCUT2D eigenvalue weighted by Crippen LogP contribution is -2.52. The third-order valence-electron chi connectivity index (χ3n) is 8.01. The van der Waals surface area contributed by atoms with Crippen LogP contribution in [0.25, 0.3) is 0 Å². The number of hydrogen-bond acceptors (Lipinski definition) is 7. The molecule has 3 amide bonds. The summed E-state index contributed by atoms with van der Waals surface area (Å²) in [5.74, 6) is -3.90. The molecule has 42 heavy (non-hydrogen) atoms. The quantitative estimate of drug-likeness (QED) is 0.0925. The molecule has 2 bridgehead atoms. The number of nitrogens with zero attached hydrogens (tertiary/aromatic N) is 2. The zero-order valence-corrected chi connectivity index (χ0v) is 26.9. The van der Waals surface area contributed by atoms with E-state index in [1.807, 2.05) is 0 Å². The van der Waals surface area contributed by atoms with Crippen LogP contribution in [0.3, 0.4) is 0 Å². The zero-order valence-electron chi connectivity index (χ0n) is 21.4. The van der Waals surface area contributed by atoms with E-state index < -0.39 is 47.9 Å². The number of Topliss-reactive ketones (excluding diaryl/α,β-unsaturated/α-hetero) is 1. The molecule has 6 atom stereocenters. The van der Waals surface area contributed by atoms with Crippen LogP contribution in [0.4, 0.5) is 0 Å². The van der Waals surface area contributed by atoms with Gasteiger partial charge in [-0.2, -0.15) is 5.01 Å². The highest BCUT2D eigenvalue weighted by molar-refractivity contribution is 9.12. The van der Waals surface area contributed by atoms with Crippen molar-refractivity contribution in [2.75, 3.05) is 6.54 Å². The molecule has 13 heteroatoms. The molecule has 6 rings (SSSR count). The minimum atomic E-state index is -0.747. The number of ether oxygens (including phenoxy) is 1. The van der Waals surface area contributed by atoms with Crippen LogP contribution in [-0.4, -0.2) is 55.7 Å². The topological polar surface area (TPSA) is 101 Å². The number of carbonyl (C=O) groups excluding carboxylic acids is 5. The monoisotopic (exact) mass is 752 g/mol. The fourth-order valence-electron chi connectivity index (χ4n) is 6.07. The first-order valence-corrected chi connectivity index (χ1v) is 16.3. The predicted molar refractivity (Wildman–Crippen MR) is 163 cm³/mol. The number of imide groups is 1. The van der Waals surface area contributed by atoms with Crippen molar-refractivity contribution in [2.45, 2.75) is 16.1 Å². The van der Waals surface area contributed by atoms with Crippen molar-refractivity contribution in [1.29, 1.82) is 0 Å². The van der Waals surface area contributed by atoms with Gasteiger partial charge in [0.2, 0.25) is 0 Å². The van der Waals surface area contributed by atoms with Crippen molar-refractivity contribution in [2.24, 2.45) is 23.7 Å². The number of alkyl halides is 2. The largest absolute Gasteiger partial charge is 0.422 e. The van der Waals surface area contributed by atoms with Crippen LogP contribution in [0.5, 0.6) is 5.75 Å². The second-order valence-electron chi connectivity index (χ2n) is 10.3. The number of rotatable bonds is 7. The summed E-state index contributed by atoms with van der Waals surface area (Å²) in [7, 11) is 0. The van der Waals surface area contributed by atoms with Crippen molar-refractivity contribution in [3.8, 4) is 5.75 Å². The molecule has 1 aliphatic heterocycles. The molecule has 2 saturated carbocycles. The third-order valence-corrected chi connectivity index (χ3v) is 12.8. The average molecular weight is 755 g/mol. The number of amides is 3. The second-order valence-corrected chi connectivity index (χ2v) is 14.2. The summed E-state index contributed by atoms with van der Waals surface area (Å²) in [5.41, 5.74) is 0.253. The lowest BCUT2D eigenvalue weighted by Gasteiger charge is -2.31. The Morgan fingerprint density at radius 3 is 2.10 bits per heavy atom. The van der Waals surface area contributed by atoms with Crippen LogP contribution in [-0.2, 0) is 9.59 Å². The van der Waals surface area contributed by atoms with Gasteiger partial charge in [-0.25, -0.2) is 9.80 Å². The molecule has 2 aliphatic carbocycles. The van der Waals surface area contributed by atoms with Gasteiger partial charge in [0, 0.05) is 20.8 Å². The fraction of sp³-hybridized carbons (Fsp3) is 0.276. The summed E-state index contributed by atoms with van der Waals surface area (Å²) < 4.78 is 5.35. The first-order valence-electron chi connectivity index (χ1n) is 12.9. The molecule has 8 nitrogen and oxygen atoms in total. The molecular formula is C29H20Br2Cl2N2O6S. The number of halogens is 4. The van der Waals surface area contributed by atoms with E-state index in [-0.39, 0.29) is 48.4 Å². The van der Waals surface area contributed by atoms with Gasteiger partial charge in [0.25, 0.3) is 17.7 Å². The lowest BCUT2D eigenvalue weighted by molar-refractivity contribution is -0.154. The predicted octanol–water partition coefficient (Wildman–Crippen LogP) is 6.29. The van der Waals surface area contributed by atoms with Gasteiger partial charge in [0.1, 0.15) is 17.2 Å². The van der Waals surface area contributed by atoms with Crippen molar-refractivity contribution in [1.82, 2.24) is 10.0 Å². The van der Waals surface area contributed by atoms with Gasteiger partial charge in [-0.15, -0.1) is 11.3 Å². The molecule has 0 N–H and O–H groups in total. The Morgan fingerprint density at radius 1 is 0.905 bits per heavy atom. The number of benzene rings is 2. The lowest BCUT2D eigenvalue weighted by atomic mass is 9.81. The Bertz CT molecular complexity index is 1590. The summed E-state index contributed by atoms with van der Waals surface area (Å²) in [6.07, 6.45) is 0.718. The zero-order chi connectivity index (χ0) is 29.9. The van der Waals surface area contributed by atoms with Crippen LogP contribution in [0, 0.1) is 23.7 Å². The number of hydrazine groups is 1. The summed E-state index contributed by atoms with van der Waals surface area (Å²) >= 11 is 20.8. The molecule has 2 heterocycles. The number of esters is 1. The Hall–Kier alpha value is -2.57. The standard InChI is InChI=1S/C29H20Br2Cl2N2O6S/c30-24-16-11-17(25(24)31)23-22(16)27(38)35(28(23)39)34(26(37)14-5-8-18(32)19(33)10-14)12-20(36)13-3-6-15(7-4-13)41-29(40)21-2-1-9-42-21/h1-10,16-17,22-25H,11-12H2/t16-,17-,22-,23-,24-,25+/m1/s1. The van der Waals surface area contributed by atoms with E-state index in [9.17, 15) is 24.0 Å². The van der Waals surface area contributed by atoms with Crippen LogP contribution < -0.4 is 4.74 Å². The highest BCUT2D eigenvalue weighted by Gasteiger charge is 2.67. The minimum Gasteiger partial charge on any atom is -0.422 e. The highest BCUT2D eigenvalue weighted by atomic mass is 79.9. The van der Waals surface area contributed by atoms with Crippen LogP contribution in [0.1, 0.15) is 36.8 Å². The SMILES string of the molecule is O=C(CN(C(=O)c1ccc(Cl)c(Cl)c1)N1C(=O)[C@@H]2[C@H]3C[C@@H]([C@@H](Br)[C@H]3Br)[C@H]2C1=O)c1ccc(OC(=O)c2cccs2)cc1. The van der Waals surface area contributed by atoms with Gasteiger partial charge >= 0.3 is 5.97 Å². The maximum absolute atomic E-state index is 13.8. The van der Waals surface area contributed by atoms with Crippen LogP contribution in [0.2, 0.25) is 10.0 Å². The van der Waals surface area contributed by atoms with Gasteiger partial charge in [-0.1, -0.05) is 61.1 Å². The minimum absolute atomic E-state index is 0.00809. The Kier molecular flexibility index (Phi) is 8.08. The van der Waals surface area contributed by atoms with E-state index in [0.29, 0.717) is 4.88 Å². The number of fused-ring (bicyclic) bond motifs is 5. The molecule has 3 aromatic rings. The van der Waals surface area contributed by atoms with Crippen molar-refractivity contribution in [3.05, 3.63) is 86.0 Å².